The summed E-state index contributed by atoms with van der Waals surface area (Å²) >= 11 is 0. The molecule has 0 atom stereocenters. The van der Waals surface area contributed by atoms with Gasteiger partial charge in [0.25, 0.3) is 5.91 Å². The van der Waals surface area contributed by atoms with Crippen molar-refractivity contribution >= 4 is 5.91 Å². The van der Waals surface area contributed by atoms with Crippen molar-refractivity contribution in [1.29, 1.82) is 0 Å². The fourth-order valence-electron chi connectivity index (χ4n) is 2.52. The summed E-state index contributed by atoms with van der Waals surface area (Å²) in [5, 5.41) is 7.02. The van der Waals surface area contributed by atoms with E-state index in [4.69, 9.17) is 4.74 Å². The average molecular weight is 350 g/mol. The van der Waals surface area contributed by atoms with Crippen molar-refractivity contribution in [2.75, 3.05) is 6.61 Å². The molecule has 1 amide bonds. The van der Waals surface area contributed by atoms with E-state index >= 15 is 0 Å². The maximum Gasteiger partial charge on any atom is 0.251 e. The summed E-state index contributed by atoms with van der Waals surface area (Å²) in [7, 11) is 0. The van der Waals surface area contributed by atoms with Crippen LogP contribution in [-0.2, 0) is 24.4 Å². The van der Waals surface area contributed by atoms with Gasteiger partial charge < -0.3 is 10.1 Å². The van der Waals surface area contributed by atoms with E-state index in [1.807, 2.05) is 55.5 Å². The van der Waals surface area contributed by atoms with Gasteiger partial charge in [-0.25, -0.2) is 9.67 Å². The van der Waals surface area contributed by atoms with Crippen molar-refractivity contribution in [2.45, 2.75) is 26.6 Å². The Bertz CT molecular complexity index is 812. The van der Waals surface area contributed by atoms with Crippen LogP contribution >= 0.6 is 0 Å². The standard InChI is InChI=1S/C20H22N4O2/c1-2-26-13-18-5-3-16(4-6-18)11-22-20(25)19-9-7-17(8-10-19)12-24-15-21-14-23-24/h3-10,14-15H,2,11-13H2,1H3,(H,22,25). The fraction of sp³-hybridized carbons (Fsp3) is 0.250. The van der Waals surface area contributed by atoms with Crippen LogP contribution in [0.2, 0.25) is 0 Å². The Morgan fingerprint density at radius 3 is 2.38 bits per heavy atom. The second-order valence-electron chi connectivity index (χ2n) is 5.93. The molecule has 0 radical (unpaired) electrons. The molecule has 0 saturated carbocycles. The molecule has 26 heavy (non-hydrogen) atoms. The third-order valence-corrected chi connectivity index (χ3v) is 3.98. The minimum absolute atomic E-state index is 0.0873. The lowest BCUT2D eigenvalue weighted by molar-refractivity contribution is 0.0951. The van der Waals surface area contributed by atoms with E-state index in [1.165, 1.54) is 6.33 Å². The van der Waals surface area contributed by atoms with Gasteiger partial charge in [0.1, 0.15) is 12.7 Å². The molecule has 0 bridgehead atoms. The number of hydrogen-bond donors (Lipinski definition) is 1. The molecule has 0 saturated heterocycles. The third-order valence-electron chi connectivity index (χ3n) is 3.98. The number of amides is 1. The van der Waals surface area contributed by atoms with Gasteiger partial charge in [-0.05, 0) is 35.7 Å². The molecular weight excluding hydrogens is 328 g/mol. The number of hydrogen-bond acceptors (Lipinski definition) is 4. The highest BCUT2D eigenvalue weighted by Crippen LogP contribution is 2.08. The predicted octanol–water partition coefficient (Wildman–Crippen LogP) is 2.79. The van der Waals surface area contributed by atoms with Gasteiger partial charge in [-0.1, -0.05) is 36.4 Å². The first-order valence-corrected chi connectivity index (χ1v) is 8.59. The van der Waals surface area contributed by atoms with Crippen LogP contribution in [0.5, 0.6) is 0 Å². The Balaban J connectivity index is 1.51. The minimum atomic E-state index is -0.0873. The summed E-state index contributed by atoms with van der Waals surface area (Å²) in [5.74, 6) is -0.0873. The highest BCUT2D eigenvalue weighted by molar-refractivity contribution is 5.94. The average Bonchev–Trinajstić information content (AvgIpc) is 3.19. The molecule has 0 fully saturated rings. The Morgan fingerprint density at radius 1 is 1.04 bits per heavy atom. The Kier molecular flexibility index (Phi) is 6.11. The van der Waals surface area contributed by atoms with Crippen LogP contribution < -0.4 is 5.32 Å². The molecule has 0 unspecified atom stereocenters. The van der Waals surface area contributed by atoms with Crippen LogP contribution in [0.4, 0.5) is 0 Å². The van der Waals surface area contributed by atoms with Gasteiger partial charge in [-0.2, -0.15) is 5.10 Å². The number of rotatable bonds is 8. The second kappa shape index (κ2) is 8.92. The summed E-state index contributed by atoms with van der Waals surface area (Å²) in [6.45, 7) is 4.43. The number of carbonyl (C=O) groups excluding carboxylic acids is 1. The zero-order valence-electron chi connectivity index (χ0n) is 14.8. The molecule has 0 aliphatic rings. The summed E-state index contributed by atoms with van der Waals surface area (Å²) in [5.41, 5.74) is 3.89. The van der Waals surface area contributed by atoms with Crippen LogP contribution in [0.25, 0.3) is 0 Å². The van der Waals surface area contributed by atoms with Gasteiger partial charge >= 0.3 is 0 Å². The van der Waals surface area contributed by atoms with Crippen molar-refractivity contribution in [3.05, 3.63) is 83.4 Å². The van der Waals surface area contributed by atoms with Crippen molar-refractivity contribution in [1.82, 2.24) is 20.1 Å². The SMILES string of the molecule is CCOCc1ccc(CNC(=O)c2ccc(Cn3cncn3)cc2)cc1. The predicted molar refractivity (Wildman–Crippen MR) is 98.5 cm³/mol. The van der Waals surface area contributed by atoms with Crippen molar-refractivity contribution < 1.29 is 9.53 Å². The Labute approximate surface area is 152 Å². The van der Waals surface area contributed by atoms with Gasteiger partial charge in [0.2, 0.25) is 0 Å². The largest absolute Gasteiger partial charge is 0.377 e. The van der Waals surface area contributed by atoms with E-state index in [0.29, 0.717) is 31.9 Å². The zero-order valence-corrected chi connectivity index (χ0v) is 14.8. The van der Waals surface area contributed by atoms with E-state index in [2.05, 4.69) is 15.4 Å². The molecule has 1 heterocycles. The van der Waals surface area contributed by atoms with Crippen LogP contribution in [0.3, 0.4) is 0 Å². The molecule has 6 nitrogen and oxygen atoms in total. The molecule has 1 N–H and O–H groups in total. The lowest BCUT2D eigenvalue weighted by Crippen LogP contribution is -2.22. The smallest absolute Gasteiger partial charge is 0.251 e. The second-order valence-corrected chi connectivity index (χ2v) is 5.93. The molecule has 2 aromatic carbocycles. The molecule has 3 aromatic rings. The molecule has 0 aliphatic heterocycles. The van der Waals surface area contributed by atoms with Crippen LogP contribution in [-0.4, -0.2) is 27.3 Å². The first kappa shape index (κ1) is 17.8. The first-order valence-electron chi connectivity index (χ1n) is 8.59. The van der Waals surface area contributed by atoms with Crippen LogP contribution in [0, 0.1) is 0 Å². The number of ether oxygens (including phenoxy) is 1. The number of nitrogens with one attached hydrogen (secondary N) is 1. The van der Waals surface area contributed by atoms with Crippen molar-refractivity contribution in [2.24, 2.45) is 0 Å². The van der Waals surface area contributed by atoms with E-state index in [0.717, 1.165) is 16.7 Å². The maximum absolute atomic E-state index is 12.3. The topological polar surface area (TPSA) is 69.0 Å². The minimum Gasteiger partial charge on any atom is -0.377 e. The highest BCUT2D eigenvalue weighted by atomic mass is 16.5. The first-order chi connectivity index (χ1) is 12.7. The number of nitrogens with zero attached hydrogens (tertiary/aromatic N) is 3. The number of carbonyl (C=O) groups is 1. The zero-order chi connectivity index (χ0) is 18.2. The fourth-order valence-corrected chi connectivity index (χ4v) is 2.52. The molecule has 134 valence electrons. The normalized spacial score (nSPS) is 10.7. The van der Waals surface area contributed by atoms with Gasteiger partial charge in [0, 0.05) is 18.7 Å². The van der Waals surface area contributed by atoms with E-state index in [9.17, 15) is 4.79 Å². The van der Waals surface area contributed by atoms with E-state index in [1.54, 1.807) is 11.0 Å². The quantitative estimate of drug-likeness (QED) is 0.678. The Hall–Kier alpha value is -2.99. The molecule has 0 spiro atoms. The maximum atomic E-state index is 12.3. The molecule has 6 heteroatoms. The lowest BCUT2D eigenvalue weighted by atomic mass is 10.1. The van der Waals surface area contributed by atoms with Gasteiger partial charge in [0.05, 0.1) is 13.2 Å². The van der Waals surface area contributed by atoms with Crippen LogP contribution in [0.15, 0.2) is 61.2 Å². The third kappa shape index (κ3) is 5.00. The van der Waals surface area contributed by atoms with Gasteiger partial charge in [0.15, 0.2) is 0 Å². The van der Waals surface area contributed by atoms with Gasteiger partial charge in [-0.15, -0.1) is 0 Å². The summed E-state index contributed by atoms with van der Waals surface area (Å²) in [6.07, 6.45) is 3.17. The lowest BCUT2D eigenvalue weighted by Gasteiger charge is -2.08. The van der Waals surface area contributed by atoms with Crippen LogP contribution in [0.1, 0.15) is 34.0 Å². The Morgan fingerprint density at radius 2 is 1.73 bits per heavy atom. The van der Waals surface area contributed by atoms with Crippen molar-refractivity contribution in [3.63, 3.8) is 0 Å². The van der Waals surface area contributed by atoms with E-state index in [-0.39, 0.29) is 5.91 Å². The molecular formula is C20H22N4O2. The number of aromatic nitrogens is 3. The monoisotopic (exact) mass is 350 g/mol. The highest BCUT2D eigenvalue weighted by Gasteiger charge is 2.06. The summed E-state index contributed by atoms with van der Waals surface area (Å²) in [6, 6.07) is 15.6. The molecule has 1 aromatic heterocycles. The van der Waals surface area contributed by atoms with E-state index < -0.39 is 0 Å². The van der Waals surface area contributed by atoms with Crippen molar-refractivity contribution in [3.8, 4) is 0 Å². The molecule has 3 rings (SSSR count). The summed E-state index contributed by atoms with van der Waals surface area (Å²) < 4.78 is 7.12. The molecule has 0 aliphatic carbocycles. The number of benzene rings is 2. The van der Waals surface area contributed by atoms with Gasteiger partial charge in [-0.3, -0.25) is 4.79 Å². The summed E-state index contributed by atoms with van der Waals surface area (Å²) in [4.78, 5) is 16.2.